The summed E-state index contributed by atoms with van der Waals surface area (Å²) in [5, 5.41) is 0. The maximum Gasteiger partial charge on any atom is 0.167 e. The van der Waals surface area contributed by atoms with Gasteiger partial charge < -0.3 is 9.47 Å². The molecule has 0 amide bonds. The first kappa shape index (κ1) is 25.1. The van der Waals surface area contributed by atoms with E-state index in [0.29, 0.717) is 42.6 Å². The molecule has 182 valence electrons. The lowest BCUT2D eigenvalue weighted by Crippen LogP contribution is -2.24. The van der Waals surface area contributed by atoms with Crippen LogP contribution >= 0.6 is 0 Å². The van der Waals surface area contributed by atoms with Crippen molar-refractivity contribution in [2.45, 2.75) is 32.2 Å². The molecule has 4 rings (SSSR count). The highest BCUT2D eigenvalue weighted by molar-refractivity contribution is 6.08. The Kier molecular flexibility index (Phi) is 7.96. The Labute approximate surface area is 204 Å². The summed E-state index contributed by atoms with van der Waals surface area (Å²) in [4.78, 5) is 0. The van der Waals surface area contributed by atoms with Crippen LogP contribution in [0.5, 0.6) is 0 Å². The van der Waals surface area contributed by atoms with Crippen LogP contribution in [0, 0.1) is 29.2 Å². The van der Waals surface area contributed by atoms with Crippen LogP contribution in [0.2, 0.25) is 0 Å². The van der Waals surface area contributed by atoms with Gasteiger partial charge in [-0.25, -0.2) is 17.6 Å². The fourth-order valence-corrected chi connectivity index (χ4v) is 4.42. The molecule has 1 fully saturated rings. The van der Waals surface area contributed by atoms with Crippen LogP contribution in [-0.4, -0.2) is 21.1 Å². The van der Waals surface area contributed by atoms with Gasteiger partial charge in [0, 0.05) is 22.6 Å². The van der Waals surface area contributed by atoms with E-state index in [4.69, 9.17) is 9.47 Å². The van der Waals surface area contributed by atoms with Crippen molar-refractivity contribution in [3.63, 3.8) is 0 Å². The number of allylic oxidation sites excluding steroid dienone is 1. The van der Waals surface area contributed by atoms with Crippen molar-refractivity contribution in [3.05, 3.63) is 95.3 Å². The molecule has 1 saturated heterocycles. The monoisotopic (exact) mass is 482 g/mol. The van der Waals surface area contributed by atoms with Gasteiger partial charge in [0.05, 0.1) is 25.6 Å². The van der Waals surface area contributed by atoms with E-state index in [0.717, 1.165) is 6.42 Å². The van der Waals surface area contributed by atoms with Crippen LogP contribution in [-0.2, 0) is 15.8 Å². The molecule has 2 nitrogen and oxygen atoms in total. The van der Waals surface area contributed by atoms with Crippen molar-refractivity contribution >= 4 is 7.85 Å². The smallest absolute Gasteiger partial charge is 0.167 e. The molecule has 1 aliphatic heterocycles. The first-order chi connectivity index (χ1) is 16.9. The molecule has 1 heterocycles. The second-order valence-corrected chi connectivity index (χ2v) is 8.73. The molecule has 0 spiro atoms. The predicted octanol–water partition coefficient (Wildman–Crippen LogP) is 6.73. The van der Waals surface area contributed by atoms with Gasteiger partial charge in [-0.1, -0.05) is 60.9 Å². The number of hydrogen-bond donors (Lipinski definition) is 0. The lowest BCUT2D eigenvalue weighted by molar-refractivity contribution is -0.0348. The first-order valence-corrected chi connectivity index (χ1v) is 11.8. The Hall–Kier alpha value is -3.06. The van der Waals surface area contributed by atoms with E-state index in [1.807, 2.05) is 13.0 Å². The highest BCUT2D eigenvalue weighted by Crippen LogP contribution is 2.36. The summed E-state index contributed by atoms with van der Waals surface area (Å²) in [6, 6.07) is 12.5. The molecule has 0 bridgehead atoms. The van der Waals surface area contributed by atoms with E-state index in [9.17, 15) is 8.78 Å². The lowest BCUT2D eigenvalue weighted by Gasteiger charge is -2.29. The van der Waals surface area contributed by atoms with Gasteiger partial charge >= 0.3 is 0 Å². The zero-order chi connectivity index (χ0) is 24.9. The van der Waals surface area contributed by atoms with E-state index in [2.05, 4.69) is 0 Å². The van der Waals surface area contributed by atoms with Crippen LogP contribution in [0.1, 0.15) is 37.0 Å². The molecule has 2 unspecified atom stereocenters. The van der Waals surface area contributed by atoms with Crippen molar-refractivity contribution in [1.82, 2.24) is 0 Å². The van der Waals surface area contributed by atoms with Gasteiger partial charge in [0.1, 0.15) is 7.85 Å². The van der Waals surface area contributed by atoms with Crippen molar-refractivity contribution < 1.29 is 27.0 Å². The fraction of sp³-hybridized carbons (Fsp3) is 0.286. The SMILES string of the molecule is BCc1ccc(-c2ccc(-c3ccc(C4CCC(CO/C=C/C)CO4)c(F)c3F)cc2)c(F)c1F. The molecule has 0 aliphatic carbocycles. The number of benzene rings is 3. The standard InChI is InChI=1S/C28H27BF4O2/c1-2-13-34-15-17-3-12-24(35-16-17)23-11-10-22(27(32)28(23)33)19-6-4-18(5-7-19)21-9-8-20(14-29)25(30)26(21)31/h2,4-11,13,17,24H,3,12,14-16,29H2,1H3/b13-2+. The molecule has 3 aromatic carbocycles. The topological polar surface area (TPSA) is 18.5 Å². The van der Waals surface area contributed by atoms with E-state index >= 15 is 8.78 Å². The highest BCUT2D eigenvalue weighted by atomic mass is 19.2. The molecule has 2 atom stereocenters. The average Bonchev–Trinajstić information content (AvgIpc) is 2.88. The second kappa shape index (κ2) is 11.1. The molecule has 0 aromatic heterocycles. The molecular weight excluding hydrogens is 455 g/mol. The van der Waals surface area contributed by atoms with Crippen LogP contribution < -0.4 is 0 Å². The number of rotatable bonds is 7. The molecule has 0 N–H and O–H groups in total. The third kappa shape index (κ3) is 5.30. The average molecular weight is 482 g/mol. The predicted molar refractivity (Wildman–Crippen MR) is 132 cm³/mol. The summed E-state index contributed by atoms with van der Waals surface area (Å²) in [7, 11) is 1.75. The Balaban J connectivity index is 1.51. The van der Waals surface area contributed by atoms with Crippen LogP contribution in [0.4, 0.5) is 17.6 Å². The maximum absolute atomic E-state index is 15.0. The fourth-order valence-electron chi connectivity index (χ4n) is 4.42. The molecule has 0 saturated carbocycles. The summed E-state index contributed by atoms with van der Waals surface area (Å²) >= 11 is 0. The van der Waals surface area contributed by atoms with E-state index in [1.54, 1.807) is 50.5 Å². The molecular formula is C28H27BF4O2. The van der Waals surface area contributed by atoms with Gasteiger partial charge in [0.2, 0.25) is 0 Å². The number of halogens is 4. The number of hydrogen-bond acceptors (Lipinski definition) is 2. The summed E-state index contributed by atoms with van der Waals surface area (Å²) in [6.07, 6.45) is 4.68. The Morgan fingerprint density at radius 3 is 2.06 bits per heavy atom. The third-order valence-electron chi connectivity index (χ3n) is 6.44. The highest BCUT2D eigenvalue weighted by Gasteiger charge is 2.27. The van der Waals surface area contributed by atoms with Crippen LogP contribution in [0.25, 0.3) is 22.3 Å². The first-order valence-electron chi connectivity index (χ1n) is 11.8. The zero-order valence-electron chi connectivity index (χ0n) is 19.8. The van der Waals surface area contributed by atoms with Crippen molar-refractivity contribution in [1.29, 1.82) is 0 Å². The number of ether oxygens (including phenoxy) is 2. The molecule has 7 heteroatoms. The van der Waals surface area contributed by atoms with E-state index < -0.39 is 29.4 Å². The lowest BCUT2D eigenvalue weighted by atomic mass is 9.92. The van der Waals surface area contributed by atoms with Gasteiger partial charge in [-0.05, 0) is 36.5 Å². The normalized spacial score (nSPS) is 18.2. The Bertz CT molecular complexity index is 1200. The molecule has 35 heavy (non-hydrogen) atoms. The molecule has 1 aliphatic rings. The van der Waals surface area contributed by atoms with Gasteiger partial charge in [-0.3, -0.25) is 0 Å². The molecule has 0 radical (unpaired) electrons. The summed E-state index contributed by atoms with van der Waals surface area (Å²) in [5.41, 5.74) is 1.61. The third-order valence-corrected chi connectivity index (χ3v) is 6.44. The van der Waals surface area contributed by atoms with E-state index in [-0.39, 0.29) is 22.6 Å². The summed E-state index contributed by atoms with van der Waals surface area (Å²) < 4.78 is 69.9. The Morgan fingerprint density at radius 1 is 0.857 bits per heavy atom. The quantitative estimate of drug-likeness (QED) is 0.211. The largest absolute Gasteiger partial charge is 0.501 e. The minimum absolute atomic E-state index is 0.0965. The van der Waals surface area contributed by atoms with Gasteiger partial charge in [0.15, 0.2) is 23.3 Å². The van der Waals surface area contributed by atoms with E-state index in [1.165, 1.54) is 12.1 Å². The summed E-state index contributed by atoms with van der Waals surface area (Å²) in [6.45, 7) is 2.82. The van der Waals surface area contributed by atoms with Gasteiger partial charge in [0.25, 0.3) is 0 Å². The van der Waals surface area contributed by atoms with Crippen molar-refractivity contribution in [2.75, 3.05) is 13.2 Å². The van der Waals surface area contributed by atoms with Gasteiger partial charge in [-0.15, -0.1) is 0 Å². The van der Waals surface area contributed by atoms with Gasteiger partial charge in [-0.2, -0.15) is 0 Å². The molecule has 3 aromatic rings. The minimum atomic E-state index is -0.957. The van der Waals surface area contributed by atoms with Crippen LogP contribution in [0.15, 0.2) is 60.9 Å². The van der Waals surface area contributed by atoms with Crippen molar-refractivity contribution in [3.8, 4) is 22.3 Å². The van der Waals surface area contributed by atoms with Crippen LogP contribution in [0.3, 0.4) is 0 Å². The maximum atomic E-state index is 15.0. The Morgan fingerprint density at radius 2 is 1.49 bits per heavy atom. The minimum Gasteiger partial charge on any atom is -0.501 e. The van der Waals surface area contributed by atoms with Crippen molar-refractivity contribution in [2.24, 2.45) is 5.92 Å². The zero-order valence-corrected chi connectivity index (χ0v) is 19.8. The second-order valence-electron chi connectivity index (χ2n) is 8.73. The summed E-state index contributed by atoms with van der Waals surface area (Å²) in [5.74, 6) is -3.45.